The van der Waals surface area contributed by atoms with Gasteiger partial charge in [0.05, 0.1) is 11.0 Å². The molecule has 1 aromatic rings. The Bertz CT molecular complexity index is 352. The van der Waals surface area contributed by atoms with E-state index in [9.17, 15) is 14.9 Å². The summed E-state index contributed by atoms with van der Waals surface area (Å²) in [5.74, 6) is 0. The molecule has 0 saturated heterocycles. The molecular formula is C9H10N2O3. The molecule has 1 unspecified atom stereocenters. The molecule has 0 amide bonds. The SMILES string of the molecule is NC(C=O)Cc1ccccc1[N+](=O)[O-]. The lowest BCUT2D eigenvalue weighted by Crippen LogP contribution is -2.24. The monoisotopic (exact) mass is 194 g/mol. The molecule has 0 bridgehead atoms. The number of carbonyl (C=O) groups is 1. The standard InChI is InChI=1S/C9H10N2O3/c10-8(6-12)5-7-3-1-2-4-9(7)11(13)14/h1-4,6,8H,5,10H2. The fraction of sp³-hybridized carbons (Fsp3) is 0.222. The highest BCUT2D eigenvalue weighted by Gasteiger charge is 2.14. The molecule has 74 valence electrons. The molecule has 2 N–H and O–H groups in total. The van der Waals surface area contributed by atoms with Gasteiger partial charge in [-0.3, -0.25) is 10.1 Å². The summed E-state index contributed by atoms with van der Waals surface area (Å²) < 4.78 is 0. The second-order valence-electron chi connectivity index (χ2n) is 2.89. The molecule has 1 aromatic carbocycles. The van der Waals surface area contributed by atoms with Crippen LogP contribution in [0.3, 0.4) is 0 Å². The van der Waals surface area contributed by atoms with E-state index >= 15 is 0 Å². The molecule has 0 saturated carbocycles. The first-order chi connectivity index (χ1) is 6.65. The minimum Gasteiger partial charge on any atom is -0.321 e. The van der Waals surface area contributed by atoms with Gasteiger partial charge in [-0.2, -0.15) is 0 Å². The first-order valence-electron chi connectivity index (χ1n) is 4.08. The minimum absolute atomic E-state index is 0.00444. The number of carbonyl (C=O) groups excluding carboxylic acids is 1. The van der Waals surface area contributed by atoms with E-state index in [0.29, 0.717) is 11.8 Å². The van der Waals surface area contributed by atoms with Crippen LogP contribution in [-0.2, 0) is 11.2 Å². The van der Waals surface area contributed by atoms with Gasteiger partial charge >= 0.3 is 0 Å². The van der Waals surface area contributed by atoms with Crippen molar-refractivity contribution in [2.75, 3.05) is 0 Å². The highest BCUT2D eigenvalue weighted by molar-refractivity contribution is 5.58. The van der Waals surface area contributed by atoms with Gasteiger partial charge in [-0.1, -0.05) is 18.2 Å². The maximum atomic E-state index is 10.6. The topological polar surface area (TPSA) is 86.2 Å². The van der Waals surface area contributed by atoms with Crippen LogP contribution < -0.4 is 5.73 Å². The van der Waals surface area contributed by atoms with Crippen LogP contribution in [0.2, 0.25) is 0 Å². The smallest absolute Gasteiger partial charge is 0.272 e. The molecule has 0 fully saturated rings. The number of hydrogen-bond acceptors (Lipinski definition) is 4. The molecule has 0 spiro atoms. The third-order valence-corrected chi connectivity index (χ3v) is 1.82. The number of hydrogen-bond donors (Lipinski definition) is 1. The van der Waals surface area contributed by atoms with Crippen LogP contribution in [0.1, 0.15) is 5.56 Å². The number of para-hydroxylation sites is 1. The average molecular weight is 194 g/mol. The van der Waals surface area contributed by atoms with E-state index in [4.69, 9.17) is 5.73 Å². The zero-order valence-electron chi connectivity index (χ0n) is 7.42. The minimum atomic E-state index is -0.684. The zero-order valence-corrected chi connectivity index (χ0v) is 7.42. The summed E-state index contributed by atoms with van der Waals surface area (Å²) >= 11 is 0. The summed E-state index contributed by atoms with van der Waals surface area (Å²) in [5, 5.41) is 10.6. The van der Waals surface area contributed by atoms with Crippen molar-refractivity contribution in [1.29, 1.82) is 0 Å². The van der Waals surface area contributed by atoms with Crippen molar-refractivity contribution in [2.24, 2.45) is 5.73 Å². The quantitative estimate of drug-likeness (QED) is 0.433. The molecule has 0 aliphatic heterocycles. The van der Waals surface area contributed by atoms with Crippen molar-refractivity contribution in [3.8, 4) is 0 Å². The van der Waals surface area contributed by atoms with E-state index in [-0.39, 0.29) is 12.1 Å². The molecule has 1 rings (SSSR count). The van der Waals surface area contributed by atoms with Gasteiger partial charge in [0.25, 0.3) is 5.69 Å². The summed E-state index contributed by atoms with van der Waals surface area (Å²) in [6.07, 6.45) is 0.775. The Balaban J connectivity index is 2.95. The number of nitrogens with zero attached hydrogens (tertiary/aromatic N) is 1. The van der Waals surface area contributed by atoms with Gasteiger partial charge in [-0.05, 0) is 0 Å². The van der Waals surface area contributed by atoms with E-state index in [2.05, 4.69) is 0 Å². The molecule has 0 radical (unpaired) electrons. The summed E-state index contributed by atoms with van der Waals surface area (Å²) in [6.45, 7) is 0. The van der Waals surface area contributed by atoms with E-state index in [0.717, 1.165) is 0 Å². The predicted octanol–water partition coefficient (Wildman–Crippen LogP) is 0.663. The van der Waals surface area contributed by atoms with Gasteiger partial charge in [0.15, 0.2) is 0 Å². The molecular weight excluding hydrogens is 184 g/mol. The fourth-order valence-corrected chi connectivity index (χ4v) is 1.16. The van der Waals surface area contributed by atoms with E-state index in [1.807, 2.05) is 0 Å². The molecule has 0 aliphatic carbocycles. The van der Waals surface area contributed by atoms with Gasteiger partial charge in [-0.25, -0.2) is 0 Å². The lowest BCUT2D eigenvalue weighted by Gasteiger charge is -2.04. The number of nitro groups is 1. The van der Waals surface area contributed by atoms with Gasteiger partial charge in [0, 0.05) is 18.1 Å². The Hall–Kier alpha value is -1.75. The van der Waals surface area contributed by atoms with Gasteiger partial charge in [0.1, 0.15) is 6.29 Å². The van der Waals surface area contributed by atoms with Crippen LogP contribution in [0.4, 0.5) is 5.69 Å². The molecule has 0 aromatic heterocycles. The van der Waals surface area contributed by atoms with Crippen molar-refractivity contribution < 1.29 is 9.72 Å². The number of aldehydes is 1. The fourth-order valence-electron chi connectivity index (χ4n) is 1.16. The lowest BCUT2D eigenvalue weighted by molar-refractivity contribution is -0.385. The average Bonchev–Trinajstić information content (AvgIpc) is 2.18. The highest BCUT2D eigenvalue weighted by atomic mass is 16.6. The molecule has 0 aliphatic rings. The first kappa shape index (κ1) is 10.3. The maximum Gasteiger partial charge on any atom is 0.272 e. The Morgan fingerprint density at radius 1 is 1.50 bits per heavy atom. The summed E-state index contributed by atoms with van der Waals surface area (Å²) in [4.78, 5) is 20.4. The maximum absolute atomic E-state index is 10.6. The predicted molar refractivity (Wildman–Crippen MR) is 50.8 cm³/mol. The number of rotatable bonds is 4. The highest BCUT2D eigenvalue weighted by Crippen LogP contribution is 2.18. The Morgan fingerprint density at radius 2 is 2.14 bits per heavy atom. The van der Waals surface area contributed by atoms with Gasteiger partial charge in [-0.15, -0.1) is 0 Å². The zero-order chi connectivity index (χ0) is 10.6. The lowest BCUT2D eigenvalue weighted by atomic mass is 10.1. The van der Waals surface area contributed by atoms with Crippen LogP contribution in [0, 0.1) is 10.1 Å². The molecule has 14 heavy (non-hydrogen) atoms. The van der Waals surface area contributed by atoms with Crippen molar-refractivity contribution in [2.45, 2.75) is 12.5 Å². The number of nitro benzene ring substituents is 1. The van der Waals surface area contributed by atoms with Crippen molar-refractivity contribution in [1.82, 2.24) is 0 Å². The third kappa shape index (κ3) is 2.37. The molecule has 5 nitrogen and oxygen atoms in total. The van der Waals surface area contributed by atoms with E-state index in [1.54, 1.807) is 18.2 Å². The Morgan fingerprint density at radius 3 is 2.71 bits per heavy atom. The summed E-state index contributed by atoms with van der Waals surface area (Å²) in [7, 11) is 0. The van der Waals surface area contributed by atoms with Gasteiger partial charge < -0.3 is 10.5 Å². The van der Waals surface area contributed by atoms with Crippen LogP contribution in [0.15, 0.2) is 24.3 Å². The van der Waals surface area contributed by atoms with Crippen LogP contribution in [-0.4, -0.2) is 17.3 Å². The molecule has 5 heteroatoms. The Labute approximate surface area is 80.7 Å². The normalized spacial score (nSPS) is 12.1. The Kier molecular flexibility index (Phi) is 3.30. The van der Waals surface area contributed by atoms with Crippen molar-refractivity contribution in [3.05, 3.63) is 39.9 Å². The second-order valence-corrected chi connectivity index (χ2v) is 2.89. The van der Waals surface area contributed by atoms with Gasteiger partial charge in [0.2, 0.25) is 0 Å². The summed E-state index contributed by atoms with van der Waals surface area (Å²) in [5.41, 5.74) is 5.87. The molecule has 0 heterocycles. The van der Waals surface area contributed by atoms with Crippen LogP contribution in [0.25, 0.3) is 0 Å². The first-order valence-corrected chi connectivity index (χ1v) is 4.08. The van der Waals surface area contributed by atoms with Crippen molar-refractivity contribution >= 4 is 12.0 Å². The molecule has 1 atom stereocenters. The van der Waals surface area contributed by atoms with E-state index in [1.165, 1.54) is 6.07 Å². The third-order valence-electron chi connectivity index (χ3n) is 1.82. The van der Waals surface area contributed by atoms with Crippen molar-refractivity contribution in [3.63, 3.8) is 0 Å². The number of nitrogens with two attached hydrogens (primary N) is 1. The second kappa shape index (κ2) is 4.48. The van der Waals surface area contributed by atoms with E-state index < -0.39 is 11.0 Å². The number of benzene rings is 1. The summed E-state index contributed by atoms with van der Waals surface area (Å²) in [6, 6.07) is 5.57. The largest absolute Gasteiger partial charge is 0.321 e. The van der Waals surface area contributed by atoms with Crippen LogP contribution in [0.5, 0.6) is 0 Å². The van der Waals surface area contributed by atoms with Crippen LogP contribution >= 0.6 is 0 Å².